The fourth-order valence-corrected chi connectivity index (χ4v) is 8.94. The minimum absolute atomic E-state index is 0.204. The number of amides is 3. The molecule has 7 atom stereocenters. The van der Waals surface area contributed by atoms with Gasteiger partial charge in [-0.15, -0.1) is 13.2 Å². The lowest BCUT2D eigenvalue weighted by molar-refractivity contribution is -0.144. The Morgan fingerprint density at radius 1 is 1.00 bits per heavy atom. The Bertz CT molecular complexity index is 1700. The molecule has 3 aliphatic rings. The second-order valence-corrected chi connectivity index (χ2v) is 14.2. The molecule has 3 amide bonds. The van der Waals surface area contributed by atoms with Crippen molar-refractivity contribution in [3.63, 3.8) is 0 Å². The number of carbonyl (C=O) groups is 3. The Labute approximate surface area is 290 Å². The van der Waals surface area contributed by atoms with Gasteiger partial charge in [0.2, 0.25) is 11.8 Å². The number of para-hydroxylation sites is 1. The molecule has 0 aliphatic carbocycles. The smallest absolute Gasteiger partial charge is 0.253 e. The van der Waals surface area contributed by atoms with Gasteiger partial charge in [-0.2, -0.15) is 0 Å². The molecule has 8 nitrogen and oxygen atoms in total. The SMILES string of the molecule is C=CCN(C(=O)[C@H]1[C@@H]2OC3(CC2Br)C(C(=O)N(CC=C)c2cc(C)ccc2C)N([C@@H](CO)Cc2ccccc2)C(=O)[C@H]13)c1ccccc1. The largest absolute Gasteiger partial charge is 0.394 e. The molecule has 3 aliphatic heterocycles. The monoisotopic (exact) mass is 711 g/mol. The maximum absolute atomic E-state index is 15.2. The fraction of sp³-hybridized carbons (Fsp3) is 0.359. The number of halogens is 1. The Morgan fingerprint density at radius 3 is 2.29 bits per heavy atom. The average molecular weight is 713 g/mol. The van der Waals surface area contributed by atoms with E-state index < -0.39 is 35.6 Å². The Hall–Kier alpha value is -4.05. The maximum Gasteiger partial charge on any atom is 0.253 e. The topological polar surface area (TPSA) is 90.4 Å². The minimum Gasteiger partial charge on any atom is -0.394 e. The molecular formula is C39H42BrN3O5. The second-order valence-electron chi connectivity index (χ2n) is 13.0. The molecule has 3 aromatic carbocycles. The molecule has 1 N–H and O–H groups in total. The first-order chi connectivity index (χ1) is 23.2. The molecule has 2 bridgehead atoms. The summed E-state index contributed by atoms with van der Waals surface area (Å²) in [4.78, 5) is 49.4. The molecule has 6 rings (SSSR count). The van der Waals surface area contributed by atoms with Crippen LogP contribution in [0.4, 0.5) is 11.4 Å². The van der Waals surface area contributed by atoms with Gasteiger partial charge in [-0.1, -0.05) is 88.7 Å². The Morgan fingerprint density at radius 2 is 1.65 bits per heavy atom. The number of rotatable bonds is 12. The molecule has 0 aromatic heterocycles. The van der Waals surface area contributed by atoms with Crippen LogP contribution in [0.2, 0.25) is 0 Å². The number of alkyl halides is 1. The van der Waals surface area contributed by atoms with Gasteiger partial charge in [0.15, 0.2) is 0 Å². The fourth-order valence-electron chi connectivity index (χ4n) is 7.99. The first kappa shape index (κ1) is 33.8. The molecule has 0 saturated carbocycles. The number of hydrogen-bond acceptors (Lipinski definition) is 5. The van der Waals surface area contributed by atoms with Crippen molar-refractivity contribution < 1.29 is 24.2 Å². The first-order valence-electron chi connectivity index (χ1n) is 16.4. The molecule has 3 fully saturated rings. The average Bonchev–Trinajstić information content (AvgIpc) is 3.69. The van der Waals surface area contributed by atoms with E-state index in [0.29, 0.717) is 24.2 Å². The molecule has 0 radical (unpaired) electrons. The van der Waals surface area contributed by atoms with Gasteiger partial charge in [-0.05, 0) is 61.6 Å². The highest BCUT2D eigenvalue weighted by atomic mass is 79.9. The van der Waals surface area contributed by atoms with Crippen molar-refractivity contribution in [2.45, 2.75) is 55.3 Å². The van der Waals surface area contributed by atoms with Gasteiger partial charge in [0, 0.05) is 29.3 Å². The highest BCUT2D eigenvalue weighted by Crippen LogP contribution is 2.61. The summed E-state index contributed by atoms with van der Waals surface area (Å²) < 4.78 is 6.85. The molecule has 9 heteroatoms. The van der Waals surface area contributed by atoms with Crippen LogP contribution in [-0.2, 0) is 25.5 Å². The number of benzene rings is 3. The van der Waals surface area contributed by atoms with Gasteiger partial charge in [0.05, 0.1) is 30.6 Å². The molecule has 48 heavy (non-hydrogen) atoms. The lowest BCUT2D eigenvalue weighted by atomic mass is 9.70. The van der Waals surface area contributed by atoms with E-state index >= 15 is 4.79 Å². The van der Waals surface area contributed by atoms with Gasteiger partial charge in [0.25, 0.3) is 5.91 Å². The van der Waals surface area contributed by atoms with Crippen molar-refractivity contribution in [3.8, 4) is 0 Å². The van der Waals surface area contributed by atoms with Crippen LogP contribution < -0.4 is 9.80 Å². The second kappa shape index (κ2) is 13.8. The van der Waals surface area contributed by atoms with Gasteiger partial charge in [-0.3, -0.25) is 14.4 Å². The number of nitrogens with zero attached hydrogens (tertiary/aromatic N) is 3. The predicted octanol–water partition coefficient (Wildman–Crippen LogP) is 5.39. The van der Waals surface area contributed by atoms with Crippen LogP contribution in [0, 0.1) is 25.7 Å². The number of aliphatic hydroxyl groups excluding tert-OH is 1. The summed E-state index contributed by atoms with van der Waals surface area (Å²) in [5.41, 5.74) is 2.90. The summed E-state index contributed by atoms with van der Waals surface area (Å²) in [5, 5.41) is 10.9. The summed E-state index contributed by atoms with van der Waals surface area (Å²) in [6.07, 6.45) is 3.38. The third-order valence-electron chi connectivity index (χ3n) is 10.0. The van der Waals surface area contributed by atoms with Crippen molar-refractivity contribution in [2.24, 2.45) is 11.8 Å². The Balaban J connectivity index is 1.49. The first-order valence-corrected chi connectivity index (χ1v) is 17.3. The zero-order valence-electron chi connectivity index (χ0n) is 27.4. The van der Waals surface area contributed by atoms with Crippen LogP contribution in [0.5, 0.6) is 0 Å². The molecular weight excluding hydrogens is 670 g/mol. The van der Waals surface area contributed by atoms with E-state index in [2.05, 4.69) is 29.1 Å². The minimum atomic E-state index is -1.30. The number of anilines is 2. The van der Waals surface area contributed by atoms with E-state index in [1.165, 1.54) is 0 Å². The van der Waals surface area contributed by atoms with Crippen molar-refractivity contribution in [3.05, 3.63) is 121 Å². The van der Waals surface area contributed by atoms with Crippen molar-refractivity contribution in [1.29, 1.82) is 0 Å². The van der Waals surface area contributed by atoms with E-state index in [1.54, 1.807) is 26.9 Å². The van der Waals surface area contributed by atoms with E-state index in [4.69, 9.17) is 4.74 Å². The number of carbonyl (C=O) groups excluding carboxylic acids is 3. The standard InChI is InChI=1S/C39H42BrN3O5/c1-5-19-41(28-15-11-8-12-16-28)36(45)32-33-37(46)43(29(24-44)22-27-13-9-7-10-14-27)35(39(33)23-30(40)34(32)48-39)38(47)42(20-6-2)31-21-25(3)17-18-26(31)4/h5-18,21,29-30,32-35,44H,1-2,19-20,22-24H2,3-4H3/t29-,30?,32-,33+,34-,35?,39?/m1/s1. The summed E-state index contributed by atoms with van der Waals surface area (Å²) in [5.74, 6) is -2.73. The van der Waals surface area contributed by atoms with Gasteiger partial charge in [-0.25, -0.2) is 0 Å². The van der Waals surface area contributed by atoms with Crippen molar-refractivity contribution in [2.75, 3.05) is 29.5 Å². The Kier molecular flexibility index (Phi) is 9.74. The number of hydrogen-bond donors (Lipinski definition) is 1. The van der Waals surface area contributed by atoms with Crippen LogP contribution in [0.1, 0.15) is 23.1 Å². The van der Waals surface area contributed by atoms with E-state index in [-0.39, 0.29) is 42.2 Å². The summed E-state index contributed by atoms with van der Waals surface area (Å²) in [6.45, 7) is 11.8. The number of aryl methyl sites for hydroxylation is 2. The lowest BCUT2D eigenvalue weighted by Gasteiger charge is -2.40. The molecule has 250 valence electrons. The van der Waals surface area contributed by atoms with E-state index in [9.17, 15) is 14.7 Å². The number of ether oxygens (including phenoxy) is 1. The maximum atomic E-state index is 15.2. The normalized spacial score (nSPS) is 26.2. The lowest BCUT2D eigenvalue weighted by Crippen LogP contribution is -2.59. The molecule has 3 heterocycles. The molecule has 3 saturated heterocycles. The van der Waals surface area contributed by atoms with E-state index in [1.807, 2.05) is 92.7 Å². The van der Waals surface area contributed by atoms with Crippen LogP contribution in [0.3, 0.4) is 0 Å². The molecule has 3 aromatic rings. The predicted molar refractivity (Wildman–Crippen MR) is 191 cm³/mol. The van der Waals surface area contributed by atoms with Crippen LogP contribution in [0.15, 0.2) is 104 Å². The van der Waals surface area contributed by atoms with Crippen LogP contribution in [0.25, 0.3) is 0 Å². The van der Waals surface area contributed by atoms with Gasteiger partial charge in [0.1, 0.15) is 11.6 Å². The summed E-state index contributed by atoms with van der Waals surface area (Å²) in [6, 6.07) is 23.0. The van der Waals surface area contributed by atoms with Crippen molar-refractivity contribution >= 4 is 45.0 Å². The third-order valence-corrected chi connectivity index (χ3v) is 10.9. The third kappa shape index (κ3) is 5.71. The number of likely N-dealkylation sites (tertiary alicyclic amines) is 1. The van der Waals surface area contributed by atoms with Crippen molar-refractivity contribution in [1.82, 2.24) is 4.90 Å². The summed E-state index contributed by atoms with van der Waals surface area (Å²) >= 11 is 3.80. The van der Waals surface area contributed by atoms with Crippen LogP contribution >= 0.6 is 15.9 Å². The zero-order valence-corrected chi connectivity index (χ0v) is 29.0. The van der Waals surface area contributed by atoms with E-state index in [0.717, 1.165) is 16.7 Å². The molecule has 3 unspecified atom stereocenters. The van der Waals surface area contributed by atoms with Crippen LogP contribution in [-0.4, -0.2) is 76.0 Å². The molecule has 1 spiro atoms. The number of aliphatic hydroxyl groups is 1. The zero-order chi connectivity index (χ0) is 34.2. The van der Waals surface area contributed by atoms with Gasteiger partial charge < -0.3 is 24.5 Å². The quantitative estimate of drug-likeness (QED) is 0.201. The highest BCUT2D eigenvalue weighted by molar-refractivity contribution is 9.09. The summed E-state index contributed by atoms with van der Waals surface area (Å²) in [7, 11) is 0. The highest BCUT2D eigenvalue weighted by Gasteiger charge is 2.77. The number of fused-ring (bicyclic) bond motifs is 1. The van der Waals surface area contributed by atoms with Gasteiger partial charge >= 0.3 is 0 Å².